The van der Waals surface area contributed by atoms with Crippen molar-refractivity contribution in [1.82, 2.24) is 0 Å². The molecule has 0 spiro atoms. The first-order valence-electron chi connectivity index (χ1n) is 3.54. The molecule has 68 valence electrons. The SMILES string of the molecule is C=Cc1oc(=O)cc(OC)c1N=C. The van der Waals surface area contributed by atoms with Crippen molar-refractivity contribution in [3.63, 3.8) is 0 Å². The standard InChI is InChI=1S/C9H9NO3/c1-4-6-9(10-2)7(12-3)5-8(11)13-6/h4-5H,1-2H2,3H3. The summed E-state index contributed by atoms with van der Waals surface area (Å²) < 4.78 is 9.72. The molecule has 0 aromatic carbocycles. The second kappa shape index (κ2) is 3.71. The Kier molecular flexibility index (Phi) is 2.64. The van der Waals surface area contributed by atoms with Crippen molar-refractivity contribution in [1.29, 1.82) is 0 Å². The highest BCUT2D eigenvalue weighted by molar-refractivity contribution is 5.66. The van der Waals surface area contributed by atoms with E-state index in [2.05, 4.69) is 18.3 Å². The lowest BCUT2D eigenvalue weighted by atomic mass is 10.3. The van der Waals surface area contributed by atoms with Crippen LogP contribution < -0.4 is 10.4 Å². The van der Waals surface area contributed by atoms with Gasteiger partial charge in [-0.25, -0.2) is 4.79 Å². The molecule has 0 unspecified atom stereocenters. The maximum Gasteiger partial charge on any atom is 0.340 e. The molecule has 0 aliphatic heterocycles. The molecule has 1 rings (SSSR count). The predicted molar refractivity (Wildman–Crippen MR) is 50.8 cm³/mol. The van der Waals surface area contributed by atoms with Gasteiger partial charge in [0.1, 0.15) is 5.69 Å². The van der Waals surface area contributed by atoms with Crippen molar-refractivity contribution in [2.45, 2.75) is 0 Å². The van der Waals surface area contributed by atoms with Gasteiger partial charge < -0.3 is 9.15 Å². The molecule has 4 heteroatoms. The van der Waals surface area contributed by atoms with Gasteiger partial charge in [-0.2, -0.15) is 0 Å². The van der Waals surface area contributed by atoms with Gasteiger partial charge in [-0.15, -0.1) is 0 Å². The zero-order chi connectivity index (χ0) is 9.84. The first kappa shape index (κ1) is 9.25. The van der Waals surface area contributed by atoms with E-state index in [-0.39, 0.29) is 5.76 Å². The van der Waals surface area contributed by atoms with Gasteiger partial charge in [0.2, 0.25) is 0 Å². The lowest BCUT2D eigenvalue weighted by Gasteiger charge is -2.04. The van der Waals surface area contributed by atoms with E-state index in [1.807, 2.05) is 0 Å². The molecule has 4 nitrogen and oxygen atoms in total. The van der Waals surface area contributed by atoms with E-state index in [1.54, 1.807) is 0 Å². The lowest BCUT2D eigenvalue weighted by molar-refractivity contribution is 0.403. The van der Waals surface area contributed by atoms with Crippen molar-refractivity contribution in [3.8, 4) is 5.75 Å². The Morgan fingerprint density at radius 2 is 2.38 bits per heavy atom. The Bertz CT molecular complexity index is 392. The summed E-state index contributed by atoms with van der Waals surface area (Å²) in [4.78, 5) is 14.6. The second-order valence-corrected chi connectivity index (χ2v) is 2.21. The number of aliphatic imine (C=N–C) groups is 1. The van der Waals surface area contributed by atoms with E-state index in [0.29, 0.717) is 11.4 Å². The molecule has 13 heavy (non-hydrogen) atoms. The minimum Gasteiger partial charge on any atom is -0.494 e. The minimum absolute atomic E-state index is 0.263. The van der Waals surface area contributed by atoms with Crippen LogP contribution in [-0.4, -0.2) is 13.8 Å². The van der Waals surface area contributed by atoms with Crippen LogP contribution in [0.25, 0.3) is 6.08 Å². The molecule has 0 atom stereocenters. The summed E-state index contributed by atoms with van der Waals surface area (Å²) in [7, 11) is 1.44. The van der Waals surface area contributed by atoms with E-state index < -0.39 is 5.63 Å². The molecule has 1 aromatic heterocycles. The molecule has 0 radical (unpaired) electrons. The number of nitrogens with zero attached hydrogens (tertiary/aromatic N) is 1. The summed E-state index contributed by atoms with van der Waals surface area (Å²) in [6.07, 6.45) is 1.38. The maximum atomic E-state index is 10.9. The van der Waals surface area contributed by atoms with Crippen molar-refractivity contribution in [3.05, 3.63) is 28.8 Å². The molecule has 0 N–H and O–H groups in total. The molecule has 0 saturated carbocycles. The van der Waals surface area contributed by atoms with Gasteiger partial charge in [-0.1, -0.05) is 6.58 Å². The number of methoxy groups -OCH3 is 1. The zero-order valence-electron chi connectivity index (χ0n) is 7.24. The molecular formula is C9H9NO3. The smallest absolute Gasteiger partial charge is 0.340 e. The summed E-state index contributed by atoms with van der Waals surface area (Å²) in [5.74, 6) is 0.598. The van der Waals surface area contributed by atoms with Crippen LogP contribution in [-0.2, 0) is 0 Å². The van der Waals surface area contributed by atoms with Crippen molar-refractivity contribution >= 4 is 18.5 Å². The number of ether oxygens (including phenoxy) is 1. The molecule has 1 aromatic rings. The van der Waals surface area contributed by atoms with Crippen molar-refractivity contribution < 1.29 is 9.15 Å². The molecule has 0 aliphatic carbocycles. The van der Waals surface area contributed by atoms with Gasteiger partial charge in [0.15, 0.2) is 11.5 Å². The van der Waals surface area contributed by atoms with Crippen LogP contribution in [0.3, 0.4) is 0 Å². The third-order valence-corrected chi connectivity index (χ3v) is 1.49. The molecule has 0 fully saturated rings. The first-order chi connectivity index (χ1) is 6.22. The summed E-state index contributed by atoms with van der Waals surface area (Å²) in [5.41, 5.74) is -0.115. The molecule has 0 amide bonds. The Labute approximate surface area is 75.2 Å². The topological polar surface area (TPSA) is 51.8 Å². The third kappa shape index (κ3) is 1.66. The third-order valence-electron chi connectivity index (χ3n) is 1.49. The van der Waals surface area contributed by atoms with E-state index in [1.165, 1.54) is 19.3 Å². The summed E-state index contributed by atoms with van der Waals surface area (Å²) in [5, 5.41) is 0. The van der Waals surface area contributed by atoms with Gasteiger partial charge in [-0.3, -0.25) is 4.99 Å². The quantitative estimate of drug-likeness (QED) is 0.662. The van der Waals surface area contributed by atoms with Crippen molar-refractivity contribution in [2.24, 2.45) is 4.99 Å². The zero-order valence-corrected chi connectivity index (χ0v) is 7.24. The predicted octanol–water partition coefficient (Wildman–Crippen LogP) is 1.62. The van der Waals surface area contributed by atoms with E-state index in [9.17, 15) is 4.79 Å². The Balaban J connectivity index is 3.51. The van der Waals surface area contributed by atoms with Crippen LogP contribution in [0, 0.1) is 0 Å². The molecule has 0 aliphatic rings. The van der Waals surface area contributed by atoms with Crippen molar-refractivity contribution in [2.75, 3.05) is 7.11 Å². The fraction of sp³-hybridized carbons (Fsp3) is 0.111. The van der Waals surface area contributed by atoms with Crippen LogP contribution in [0.1, 0.15) is 5.76 Å². The number of hydrogen-bond donors (Lipinski definition) is 0. The minimum atomic E-state index is -0.501. The monoisotopic (exact) mass is 179 g/mol. The Hall–Kier alpha value is -1.84. The van der Waals surface area contributed by atoms with E-state index >= 15 is 0 Å². The average Bonchev–Trinajstić information content (AvgIpc) is 2.16. The molecular weight excluding hydrogens is 170 g/mol. The molecule has 0 bridgehead atoms. The van der Waals surface area contributed by atoms with Gasteiger partial charge in [0, 0.05) is 0 Å². The maximum absolute atomic E-state index is 10.9. The average molecular weight is 179 g/mol. The highest BCUT2D eigenvalue weighted by Gasteiger charge is 2.08. The second-order valence-electron chi connectivity index (χ2n) is 2.21. The number of hydrogen-bond acceptors (Lipinski definition) is 4. The fourth-order valence-corrected chi connectivity index (χ4v) is 0.933. The van der Waals surface area contributed by atoms with E-state index in [4.69, 9.17) is 9.15 Å². The molecule has 1 heterocycles. The highest BCUT2D eigenvalue weighted by atomic mass is 16.5. The lowest BCUT2D eigenvalue weighted by Crippen LogP contribution is -1.99. The summed E-state index contributed by atoms with van der Waals surface area (Å²) >= 11 is 0. The normalized spacial score (nSPS) is 9.31. The van der Waals surface area contributed by atoms with Gasteiger partial charge in [-0.05, 0) is 12.8 Å². The van der Waals surface area contributed by atoms with Gasteiger partial charge in [0.25, 0.3) is 0 Å². The van der Waals surface area contributed by atoms with Crippen LogP contribution >= 0.6 is 0 Å². The highest BCUT2D eigenvalue weighted by Crippen LogP contribution is 2.29. The fourth-order valence-electron chi connectivity index (χ4n) is 0.933. The Morgan fingerprint density at radius 1 is 1.69 bits per heavy atom. The largest absolute Gasteiger partial charge is 0.494 e. The van der Waals surface area contributed by atoms with Gasteiger partial charge in [0.05, 0.1) is 13.2 Å². The van der Waals surface area contributed by atoms with Gasteiger partial charge >= 0.3 is 5.63 Å². The number of rotatable bonds is 3. The van der Waals surface area contributed by atoms with Crippen LogP contribution in [0.4, 0.5) is 5.69 Å². The summed E-state index contributed by atoms with van der Waals surface area (Å²) in [6.45, 7) is 6.82. The van der Waals surface area contributed by atoms with Crippen LogP contribution in [0.2, 0.25) is 0 Å². The summed E-state index contributed by atoms with van der Waals surface area (Å²) in [6, 6.07) is 1.21. The Morgan fingerprint density at radius 3 is 2.85 bits per heavy atom. The van der Waals surface area contributed by atoms with Crippen LogP contribution in [0.5, 0.6) is 5.75 Å². The van der Waals surface area contributed by atoms with Crippen LogP contribution in [0.15, 0.2) is 26.8 Å². The molecule has 0 saturated heterocycles. The first-order valence-corrected chi connectivity index (χ1v) is 3.54. The van der Waals surface area contributed by atoms with E-state index in [0.717, 1.165) is 0 Å².